The molecule has 2 amide bonds. The van der Waals surface area contributed by atoms with E-state index in [4.69, 9.17) is 4.74 Å². The molecule has 0 spiro atoms. The number of hydrogen-bond donors (Lipinski definition) is 0. The second kappa shape index (κ2) is 8.18. The molecule has 2 heterocycles. The van der Waals surface area contributed by atoms with Crippen LogP contribution in [0.1, 0.15) is 32.3 Å². The van der Waals surface area contributed by atoms with Crippen LogP contribution < -0.4 is 4.74 Å². The van der Waals surface area contributed by atoms with Crippen molar-refractivity contribution in [2.45, 2.75) is 39.2 Å². The second-order valence-corrected chi connectivity index (χ2v) is 6.90. The Labute approximate surface area is 144 Å². The van der Waals surface area contributed by atoms with E-state index < -0.39 is 6.04 Å². The van der Waals surface area contributed by atoms with E-state index >= 15 is 0 Å². The van der Waals surface area contributed by atoms with Crippen LogP contribution in [-0.4, -0.2) is 54.9 Å². The largest absolute Gasteiger partial charge is 0.493 e. The number of hydrogen-bond acceptors (Lipinski definition) is 3. The Hall–Kier alpha value is -2.04. The van der Waals surface area contributed by atoms with E-state index in [0.29, 0.717) is 25.5 Å². The molecule has 0 aromatic heterocycles. The van der Waals surface area contributed by atoms with Crippen molar-refractivity contribution in [3.8, 4) is 5.75 Å². The summed E-state index contributed by atoms with van der Waals surface area (Å²) in [6.45, 7) is 5.10. The quantitative estimate of drug-likeness (QED) is 0.835. The summed E-state index contributed by atoms with van der Waals surface area (Å²) in [6.07, 6.45) is 1.72. The van der Waals surface area contributed by atoms with E-state index in [0.717, 1.165) is 12.2 Å². The second-order valence-electron chi connectivity index (χ2n) is 6.90. The number of amides is 2. The van der Waals surface area contributed by atoms with Crippen LogP contribution in [0.25, 0.3) is 0 Å². The van der Waals surface area contributed by atoms with E-state index in [1.54, 1.807) is 16.8 Å². The Kier molecular flexibility index (Phi) is 6.23. The summed E-state index contributed by atoms with van der Waals surface area (Å²) >= 11 is 0. The number of likely N-dealkylation sites (N-methyl/N-ethyl adjacent to an activating group) is 2. The Balaban J connectivity index is 2.23. The highest BCUT2D eigenvalue weighted by Crippen LogP contribution is 2.17. The van der Waals surface area contributed by atoms with Crippen LogP contribution >= 0.6 is 0 Å². The molecular formula is C19H28N2O3. The number of carbonyl (C=O) groups excluding carboxylic acids is 2. The number of ether oxygens (including phenoxy) is 1. The van der Waals surface area contributed by atoms with Crippen LogP contribution in [0.2, 0.25) is 0 Å². The van der Waals surface area contributed by atoms with Gasteiger partial charge in [0, 0.05) is 20.6 Å². The molecule has 1 aromatic rings. The van der Waals surface area contributed by atoms with Crippen molar-refractivity contribution in [3.63, 3.8) is 0 Å². The summed E-state index contributed by atoms with van der Waals surface area (Å²) in [5.74, 6) is 1.06. The monoisotopic (exact) mass is 332 g/mol. The lowest BCUT2D eigenvalue weighted by Crippen LogP contribution is -2.49. The lowest BCUT2D eigenvalue weighted by Gasteiger charge is -2.32. The van der Waals surface area contributed by atoms with Gasteiger partial charge >= 0.3 is 0 Å². The zero-order valence-electron chi connectivity index (χ0n) is 15.1. The number of nitrogens with zero attached hydrogens (tertiary/aromatic N) is 2. The SMILES string of the molecule is CC(C)CC1C(=O)N(C)CCc2ccc(cc2)OCCC(=O)N1C. The van der Waals surface area contributed by atoms with Gasteiger partial charge in [0.2, 0.25) is 11.8 Å². The zero-order chi connectivity index (χ0) is 17.7. The molecule has 5 nitrogen and oxygen atoms in total. The van der Waals surface area contributed by atoms with Gasteiger partial charge in [0.1, 0.15) is 11.8 Å². The van der Waals surface area contributed by atoms with Gasteiger partial charge < -0.3 is 14.5 Å². The highest BCUT2D eigenvalue weighted by atomic mass is 16.5. The van der Waals surface area contributed by atoms with Crippen molar-refractivity contribution in [2.75, 3.05) is 27.2 Å². The molecule has 3 rings (SSSR count). The summed E-state index contributed by atoms with van der Waals surface area (Å²) < 4.78 is 5.64. The normalized spacial score (nSPS) is 20.3. The van der Waals surface area contributed by atoms with E-state index in [9.17, 15) is 9.59 Å². The highest BCUT2D eigenvalue weighted by molar-refractivity contribution is 5.87. The Bertz CT molecular complexity index is 568. The molecule has 1 atom stereocenters. The van der Waals surface area contributed by atoms with Gasteiger partial charge in [-0.15, -0.1) is 0 Å². The predicted molar refractivity (Wildman–Crippen MR) is 93.9 cm³/mol. The average Bonchev–Trinajstić information content (AvgIpc) is 2.56. The van der Waals surface area contributed by atoms with Crippen LogP contribution in [0, 0.1) is 5.92 Å². The third-order valence-corrected chi connectivity index (χ3v) is 4.46. The fourth-order valence-corrected chi connectivity index (χ4v) is 2.89. The molecule has 2 bridgehead atoms. The van der Waals surface area contributed by atoms with Crippen LogP contribution in [0.3, 0.4) is 0 Å². The zero-order valence-corrected chi connectivity index (χ0v) is 15.1. The first kappa shape index (κ1) is 18.3. The minimum Gasteiger partial charge on any atom is -0.493 e. The predicted octanol–water partition coefficient (Wildman–Crippen LogP) is 2.34. The summed E-state index contributed by atoms with van der Waals surface area (Å²) in [4.78, 5) is 28.7. The molecule has 0 saturated heterocycles. The number of benzene rings is 1. The van der Waals surface area contributed by atoms with E-state index in [-0.39, 0.29) is 18.2 Å². The van der Waals surface area contributed by atoms with Gasteiger partial charge in [-0.3, -0.25) is 9.59 Å². The third-order valence-electron chi connectivity index (χ3n) is 4.46. The summed E-state index contributed by atoms with van der Waals surface area (Å²) in [5.41, 5.74) is 1.17. The molecule has 0 fully saturated rings. The Morgan fingerprint density at radius 1 is 1.12 bits per heavy atom. The van der Waals surface area contributed by atoms with Crippen molar-refractivity contribution < 1.29 is 14.3 Å². The van der Waals surface area contributed by atoms with Gasteiger partial charge in [-0.25, -0.2) is 0 Å². The number of rotatable bonds is 2. The summed E-state index contributed by atoms with van der Waals surface area (Å²) in [5, 5.41) is 0. The molecule has 2 aliphatic heterocycles. The standard InChI is InChI=1S/C19H28N2O3/c1-14(2)13-17-19(23)20(3)11-9-15-5-7-16(8-6-15)24-12-10-18(22)21(17)4/h5-8,14,17H,9-13H2,1-4H3. The van der Waals surface area contributed by atoms with Gasteiger partial charge in [0.05, 0.1) is 13.0 Å². The lowest BCUT2D eigenvalue weighted by molar-refractivity contribution is -0.144. The van der Waals surface area contributed by atoms with E-state index in [1.165, 1.54) is 5.56 Å². The Morgan fingerprint density at radius 3 is 2.42 bits per heavy atom. The van der Waals surface area contributed by atoms with Gasteiger partial charge in [-0.2, -0.15) is 0 Å². The fourth-order valence-electron chi connectivity index (χ4n) is 2.89. The van der Waals surface area contributed by atoms with Crippen molar-refractivity contribution in [1.82, 2.24) is 9.80 Å². The molecule has 1 unspecified atom stereocenters. The van der Waals surface area contributed by atoms with Crippen LogP contribution in [0.5, 0.6) is 5.75 Å². The molecule has 2 aliphatic rings. The molecule has 5 heteroatoms. The van der Waals surface area contributed by atoms with E-state index in [2.05, 4.69) is 13.8 Å². The van der Waals surface area contributed by atoms with Gasteiger partial charge in [0.15, 0.2) is 0 Å². The summed E-state index contributed by atoms with van der Waals surface area (Å²) in [7, 11) is 3.54. The molecule has 0 aliphatic carbocycles. The van der Waals surface area contributed by atoms with Crippen LogP contribution in [-0.2, 0) is 16.0 Å². The van der Waals surface area contributed by atoms with Crippen molar-refractivity contribution in [1.29, 1.82) is 0 Å². The molecule has 1 aromatic carbocycles. The third kappa shape index (κ3) is 4.73. The topological polar surface area (TPSA) is 49.9 Å². The van der Waals surface area contributed by atoms with Crippen LogP contribution in [0.15, 0.2) is 24.3 Å². The highest BCUT2D eigenvalue weighted by Gasteiger charge is 2.29. The number of carbonyl (C=O) groups is 2. The van der Waals surface area contributed by atoms with Crippen molar-refractivity contribution >= 4 is 11.8 Å². The molecule has 0 N–H and O–H groups in total. The van der Waals surface area contributed by atoms with Crippen LogP contribution in [0.4, 0.5) is 0 Å². The van der Waals surface area contributed by atoms with E-state index in [1.807, 2.05) is 31.3 Å². The first-order valence-electron chi connectivity index (χ1n) is 8.61. The van der Waals surface area contributed by atoms with Gasteiger partial charge in [-0.05, 0) is 36.5 Å². The summed E-state index contributed by atoms with van der Waals surface area (Å²) in [6, 6.07) is 7.45. The van der Waals surface area contributed by atoms with Gasteiger partial charge in [-0.1, -0.05) is 26.0 Å². The smallest absolute Gasteiger partial charge is 0.245 e. The van der Waals surface area contributed by atoms with Crippen molar-refractivity contribution in [3.05, 3.63) is 29.8 Å². The minimum absolute atomic E-state index is 0.00847. The fraction of sp³-hybridized carbons (Fsp3) is 0.579. The van der Waals surface area contributed by atoms with Gasteiger partial charge in [0.25, 0.3) is 0 Å². The molecule has 0 radical (unpaired) electrons. The average molecular weight is 332 g/mol. The molecule has 24 heavy (non-hydrogen) atoms. The maximum Gasteiger partial charge on any atom is 0.245 e. The molecule has 0 saturated carbocycles. The molecular weight excluding hydrogens is 304 g/mol. The minimum atomic E-state index is -0.411. The Morgan fingerprint density at radius 2 is 1.79 bits per heavy atom. The first-order valence-corrected chi connectivity index (χ1v) is 8.61. The number of fused-ring (bicyclic) bond motifs is 11. The molecule has 132 valence electrons. The lowest BCUT2D eigenvalue weighted by atomic mass is 10.0. The first-order chi connectivity index (χ1) is 11.4. The maximum atomic E-state index is 12.9. The maximum absolute atomic E-state index is 12.9. The van der Waals surface area contributed by atoms with Crippen molar-refractivity contribution in [2.24, 2.45) is 5.92 Å².